The van der Waals surface area contributed by atoms with Crippen molar-refractivity contribution >= 4 is 12.8 Å². The van der Waals surface area contributed by atoms with Gasteiger partial charge in [-0.3, -0.25) is 4.31 Å². The minimum absolute atomic E-state index is 0.275. The third-order valence-corrected chi connectivity index (χ3v) is 2.15. The first kappa shape index (κ1) is 11.3. The molecule has 0 spiro atoms. The number of aliphatic hydroxyl groups is 1. The maximum Gasteiger partial charge on any atom is 0.0471 e. The number of nitrogens with zero attached hydrogens (tertiary/aromatic N) is 1. The normalized spacial score (nSPS) is 13.9. The summed E-state index contributed by atoms with van der Waals surface area (Å²) < 4.78 is 1.98. The smallest absolute Gasteiger partial charge is 0.0471 e. The van der Waals surface area contributed by atoms with E-state index in [1.165, 1.54) is 0 Å². The van der Waals surface area contributed by atoms with Gasteiger partial charge in [-0.2, -0.15) is 0 Å². The Morgan fingerprint density at radius 3 is 2.45 bits per heavy atom. The summed E-state index contributed by atoms with van der Waals surface area (Å²) in [5.41, 5.74) is 0. The molecule has 0 aliphatic rings. The van der Waals surface area contributed by atoms with E-state index in [4.69, 9.17) is 5.11 Å². The number of thiol groups is 1. The molecule has 0 aromatic rings. The van der Waals surface area contributed by atoms with E-state index < -0.39 is 0 Å². The molecular formula is C8H19NOS. The summed E-state index contributed by atoms with van der Waals surface area (Å²) in [6.45, 7) is 6.39. The first-order valence-corrected chi connectivity index (χ1v) is 4.69. The van der Waals surface area contributed by atoms with Gasteiger partial charge in [0.1, 0.15) is 0 Å². The molecule has 1 unspecified atom stereocenters. The van der Waals surface area contributed by atoms with E-state index in [2.05, 4.69) is 26.7 Å². The van der Waals surface area contributed by atoms with E-state index >= 15 is 0 Å². The van der Waals surface area contributed by atoms with Crippen LogP contribution >= 0.6 is 12.8 Å². The summed E-state index contributed by atoms with van der Waals surface area (Å²) in [6.07, 6.45) is 2.14. The second-order valence-corrected chi connectivity index (χ2v) is 3.44. The molecule has 0 aliphatic heterocycles. The highest BCUT2D eigenvalue weighted by Crippen LogP contribution is 2.06. The Bertz CT molecular complexity index is 86.2. The lowest BCUT2D eigenvalue weighted by atomic mass is 10.1. The number of hydrogen-bond donors (Lipinski definition) is 2. The van der Waals surface area contributed by atoms with Gasteiger partial charge < -0.3 is 5.11 Å². The second kappa shape index (κ2) is 6.95. The minimum Gasteiger partial charge on any atom is -0.396 e. The molecule has 1 atom stereocenters. The van der Waals surface area contributed by atoms with Crippen molar-refractivity contribution in [1.29, 1.82) is 0 Å². The van der Waals surface area contributed by atoms with Gasteiger partial charge in [0, 0.05) is 19.7 Å². The molecule has 68 valence electrons. The van der Waals surface area contributed by atoms with Gasteiger partial charge >= 0.3 is 0 Å². The van der Waals surface area contributed by atoms with Crippen LogP contribution in [-0.2, 0) is 0 Å². The van der Waals surface area contributed by atoms with Gasteiger partial charge in [0.25, 0.3) is 0 Å². The van der Waals surface area contributed by atoms with E-state index in [0.29, 0.717) is 5.92 Å². The van der Waals surface area contributed by atoms with Crippen LogP contribution in [0.3, 0.4) is 0 Å². The first-order chi connectivity index (χ1) is 5.24. The maximum absolute atomic E-state index is 8.88. The molecule has 0 saturated carbocycles. The van der Waals surface area contributed by atoms with E-state index in [9.17, 15) is 0 Å². The molecule has 3 heteroatoms. The molecule has 0 amide bonds. The topological polar surface area (TPSA) is 23.5 Å². The van der Waals surface area contributed by atoms with Crippen molar-refractivity contribution in [2.24, 2.45) is 5.92 Å². The Kier molecular flexibility index (Phi) is 7.12. The summed E-state index contributed by atoms with van der Waals surface area (Å²) in [6, 6.07) is 0. The third-order valence-electron chi connectivity index (χ3n) is 1.79. The number of rotatable bonds is 6. The fourth-order valence-electron chi connectivity index (χ4n) is 0.963. The largest absolute Gasteiger partial charge is 0.396 e. The van der Waals surface area contributed by atoms with Crippen molar-refractivity contribution in [2.45, 2.75) is 26.7 Å². The lowest BCUT2D eigenvalue weighted by molar-refractivity contribution is 0.201. The van der Waals surface area contributed by atoms with Crippen molar-refractivity contribution < 1.29 is 5.11 Å². The highest BCUT2D eigenvalue weighted by Gasteiger charge is 2.07. The monoisotopic (exact) mass is 177 g/mol. The Morgan fingerprint density at radius 1 is 1.45 bits per heavy atom. The van der Waals surface area contributed by atoms with Crippen LogP contribution in [-0.4, -0.2) is 29.1 Å². The van der Waals surface area contributed by atoms with Crippen LogP contribution < -0.4 is 0 Å². The van der Waals surface area contributed by atoms with Crippen molar-refractivity contribution in [3.8, 4) is 0 Å². The Balaban J connectivity index is 3.44. The van der Waals surface area contributed by atoms with Gasteiger partial charge in [-0.25, -0.2) is 0 Å². The molecule has 0 aliphatic carbocycles. The molecule has 0 radical (unpaired) electrons. The van der Waals surface area contributed by atoms with Crippen LogP contribution in [0.15, 0.2) is 0 Å². The zero-order valence-electron chi connectivity index (χ0n) is 7.45. The van der Waals surface area contributed by atoms with Gasteiger partial charge in [0.15, 0.2) is 0 Å². The molecule has 0 heterocycles. The summed E-state index contributed by atoms with van der Waals surface area (Å²) in [4.78, 5) is 0. The standard InChI is InChI=1S/C8H19NOS/c1-3-5-9(11)6-8(4-2)7-10/h8,10-11H,3-7H2,1-2H3. The molecular weight excluding hydrogens is 158 g/mol. The molecule has 11 heavy (non-hydrogen) atoms. The van der Waals surface area contributed by atoms with Crippen LogP contribution in [0.5, 0.6) is 0 Å². The van der Waals surface area contributed by atoms with Crippen molar-refractivity contribution in [3.05, 3.63) is 0 Å². The predicted molar refractivity (Wildman–Crippen MR) is 51.7 cm³/mol. The van der Waals surface area contributed by atoms with E-state index in [0.717, 1.165) is 25.9 Å². The molecule has 1 N–H and O–H groups in total. The van der Waals surface area contributed by atoms with Gasteiger partial charge in [-0.05, 0) is 18.8 Å². The van der Waals surface area contributed by atoms with Gasteiger partial charge in [-0.1, -0.05) is 26.7 Å². The summed E-state index contributed by atoms with van der Waals surface area (Å²) >= 11 is 4.28. The highest BCUT2D eigenvalue weighted by molar-refractivity contribution is 7.77. The van der Waals surface area contributed by atoms with Gasteiger partial charge in [0.2, 0.25) is 0 Å². The van der Waals surface area contributed by atoms with Crippen LogP contribution in [0.2, 0.25) is 0 Å². The summed E-state index contributed by atoms with van der Waals surface area (Å²) in [5.74, 6) is 0.388. The number of aliphatic hydroxyl groups excluding tert-OH is 1. The molecule has 2 nitrogen and oxygen atoms in total. The lowest BCUT2D eigenvalue weighted by Gasteiger charge is -2.19. The maximum atomic E-state index is 8.88. The zero-order chi connectivity index (χ0) is 8.69. The van der Waals surface area contributed by atoms with E-state index in [-0.39, 0.29) is 6.61 Å². The fraction of sp³-hybridized carbons (Fsp3) is 1.00. The summed E-state index contributed by atoms with van der Waals surface area (Å²) in [5, 5.41) is 8.88. The number of hydrogen-bond acceptors (Lipinski definition) is 3. The van der Waals surface area contributed by atoms with E-state index in [1.807, 2.05) is 4.31 Å². The Labute approximate surface area is 75.1 Å². The Hall–Kier alpha value is 0.270. The molecule has 0 rings (SSSR count). The molecule has 0 fully saturated rings. The van der Waals surface area contributed by atoms with Crippen LogP contribution in [0.1, 0.15) is 26.7 Å². The van der Waals surface area contributed by atoms with Crippen molar-refractivity contribution in [3.63, 3.8) is 0 Å². The molecule has 0 aromatic heterocycles. The summed E-state index contributed by atoms with van der Waals surface area (Å²) in [7, 11) is 0. The average molecular weight is 177 g/mol. The third kappa shape index (κ3) is 5.53. The highest BCUT2D eigenvalue weighted by atomic mass is 32.1. The van der Waals surface area contributed by atoms with Gasteiger partial charge in [0.05, 0.1) is 0 Å². The average Bonchev–Trinajstić information content (AvgIpc) is 2.01. The Morgan fingerprint density at radius 2 is 2.09 bits per heavy atom. The van der Waals surface area contributed by atoms with Gasteiger partial charge in [-0.15, -0.1) is 0 Å². The fourth-order valence-corrected chi connectivity index (χ4v) is 1.39. The van der Waals surface area contributed by atoms with E-state index in [1.54, 1.807) is 0 Å². The van der Waals surface area contributed by atoms with Crippen molar-refractivity contribution in [2.75, 3.05) is 19.7 Å². The SMILES string of the molecule is CCCN(S)CC(CC)CO. The van der Waals surface area contributed by atoms with Crippen LogP contribution in [0, 0.1) is 5.92 Å². The minimum atomic E-state index is 0.275. The van der Waals surface area contributed by atoms with Crippen LogP contribution in [0.4, 0.5) is 0 Å². The molecule has 0 saturated heterocycles. The quantitative estimate of drug-likeness (QED) is 0.602. The molecule has 0 aromatic carbocycles. The first-order valence-electron chi connectivity index (χ1n) is 4.29. The predicted octanol–water partition coefficient (Wildman–Crippen LogP) is 1.56. The lowest BCUT2D eigenvalue weighted by Crippen LogP contribution is -2.23. The van der Waals surface area contributed by atoms with Crippen LogP contribution in [0.25, 0.3) is 0 Å². The van der Waals surface area contributed by atoms with Crippen molar-refractivity contribution in [1.82, 2.24) is 4.31 Å². The molecule has 0 bridgehead atoms. The second-order valence-electron chi connectivity index (χ2n) is 2.87. The zero-order valence-corrected chi connectivity index (χ0v) is 8.35.